The number of piperazine rings is 1. The van der Waals surface area contributed by atoms with Gasteiger partial charge in [0.25, 0.3) is 0 Å². The smallest absolute Gasteiger partial charge is 0.191 e. The van der Waals surface area contributed by atoms with E-state index in [1.807, 2.05) is 7.05 Å². The first-order valence-corrected chi connectivity index (χ1v) is 8.37. The Balaban J connectivity index is 2.50. The van der Waals surface area contributed by atoms with E-state index in [4.69, 9.17) is 0 Å². The SMILES string of the molecule is CCC(C)NC(=NC)NCC(C(C)C)N1CCN(C)CC1. The van der Waals surface area contributed by atoms with Gasteiger partial charge in [-0.2, -0.15) is 0 Å². The van der Waals surface area contributed by atoms with E-state index in [9.17, 15) is 0 Å². The first-order valence-electron chi connectivity index (χ1n) is 8.37. The zero-order chi connectivity index (χ0) is 15.8. The van der Waals surface area contributed by atoms with Crippen LogP contribution in [0.15, 0.2) is 4.99 Å². The molecule has 0 radical (unpaired) electrons. The lowest BCUT2D eigenvalue weighted by molar-refractivity contribution is 0.0899. The largest absolute Gasteiger partial charge is 0.355 e. The molecule has 1 saturated heterocycles. The van der Waals surface area contributed by atoms with Crippen LogP contribution in [0.4, 0.5) is 0 Å². The third-order valence-electron chi connectivity index (χ3n) is 4.47. The third kappa shape index (κ3) is 6.22. The second-order valence-electron chi connectivity index (χ2n) is 6.56. The third-order valence-corrected chi connectivity index (χ3v) is 4.47. The number of rotatable bonds is 6. The minimum absolute atomic E-state index is 0.456. The van der Waals surface area contributed by atoms with Gasteiger partial charge in [-0.1, -0.05) is 20.8 Å². The van der Waals surface area contributed by atoms with Gasteiger partial charge in [0.1, 0.15) is 0 Å². The molecule has 0 spiro atoms. The van der Waals surface area contributed by atoms with Crippen molar-refractivity contribution in [1.82, 2.24) is 20.4 Å². The molecule has 0 bridgehead atoms. The van der Waals surface area contributed by atoms with Crippen LogP contribution in [-0.4, -0.2) is 74.7 Å². The van der Waals surface area contributed by atoms with Gasteiger partial charge in [-0.25, -0.2) is 0 Å². The van der Waals surface area contributed by atoms with E-state index in [0.717, 1.165) is 18.9 Å². The van der Waals surface area contributed by atoms with Gasteiger partial charge in [0.05, 0.1) is 0 Å². The minimum Gasteiger partial charge on any atom is -0.355 e. The van der Waals surface area contributed by atoms with Gasteiger partial charge in [0.2, 0.25) is 0 Å². The number of hydrogen-bond donors (Lipinski definition) is 2. The van der Waals surface area contributed by atoms with Gasteiger partial charge in [-0.3, -0.25) is 9.89 Å². The quantitative estimate of drug-likeness (QED) is 0.571. The number of nitrogens with one attached hydrogen (secondary N) is 2. The van der Waals surface area contributed by atoms with Crippen molar-refractivity contribution in [3.05, 3.63) is 0 Å². The van der Waals surface area contributed by atoms with Crippen LogP contribution >= 0.6 is 0 Å². The Labute approximate surface area is 131 Å². The van der Waals surface area contributed by atoms with Crippen molar-refractivity contribution in [3.8, 4) is 0 Å². The summed E-state index contributed by atoms with van der Waals surface area (Å²) in [6, 6.07) is 1.02. The summed E-state index contributed by atoms with van der Waals surface area (Å²) >= 11 is 0. The zero-order valence-corrected chi connectivity index (χ0v) is 14.8. The fraction of sp³-hybridized carbons (Fsp3) is 0.938. The average molecular weight is 297 g/mol. The normalized spacial score (nSPS) is 21.4. The summed E-state index contributed by atoms with van der Waals surface area (Å²) in [5.41, 5.74) is 0. The summed E-state index contributed by atoms with van der Waals surface area (Å²) in [7, 11) is 4.05. The molecule has 124 valence electrons. The molecule has 2 unspecified atom stereocenters. The van der Waals surface area contributed by atoms with Crippen molar-refractivity contribution >= 4 is 5.96 Å². The van der Waals surface area contributed by atoms with E-state index in [1.54, 1.807) is 0 Å². The zero-order valence-electron chi connectivity index (χ0n) is 14.8. The predicted octanol–water partition coefficient (Wildman–Crippen LogP) is 1.22. The van der Waals surface area contributed by atoms with E-state index in [2.05, 4.69) is 60.2 Å². The maximum Gasteiger partial charge on any atom is 0.191 e. The van der Waals surface area contributed by atoms with Crippen LogP contribution in [0, 0.1) is 5.92 Å². The summed E-state index contributed by atoms with van der Waals surface area (Å²) < 4.78 is 0. The Bertz CT molecular complexity index is 308. The molecule has 0 saturated carbocycles. The van der Waals surface area contributed by atoms with Crippen LogP contribution < -0.4 is 10.6 Å². The van der Waals surface area contributed by atoms with Crippen LogP contribution in [0.5, 0.6) is 0 Å². The van der Waals surface area contributed by atoms with Crippen LogP contribution in [0.3, 0.4) is 0 Å². The monoisotopic (exact) mass is 297 g/mol. The molecule has 5 nitrogen and oxygen atoms in total. The Hall–Kier alpha value is -0.810. The van der Waals surface area contributed by atoms with Crippen molar-refractivity contribution in [2.24, 2.45) is 10.9 Å². The van der Waals surface area contributed by atoms with Crippen molar-refractivity contribution in [2.75, 3.05) is 46.8 Å². The first-order chi connectivity index (χ1) is 9.97. The second-order valence-corrected chi connectivity index (χ2v) is 6.56. The fourth-order valence-corrected chi connectivity index (χ4v) is 2.67. The minimum atomic E-state index is 0.456. The molecular weight excluding hydrogens is 262 g/mol. The van der Waals surface area contributed by atoms with E-state index in [-0.39, 0.29) is 0 Å². The highest BCUT2D eigenvalue weighted by atomic mass is 15.3. The van der Waals surface area contributed by atoms with Crippen molar-refractivity contribution in [2.45, 2.75) is 46.2 Å². The Morgan fingerprint density at radius 2 is 1.76 bits per heavy atom. The molecular formula is C16H35N5. The van der Waals surface area contributed by atoms with Gasteiger partial charge in [0, 0.05) is 51.9 Å². The van der Waals surface area contributed by atoms with Crippen LogP contribution in [-0.2, 0) is 0 Å². The van der Waals surface area contributed by atoms with Gasteiger partial charge in [-0.15, -0.1) is 0 Å². The van der Waals surface area contributed by atoms with Crippen molar-refractivity contribution < 1.29 is 0 Å². The molecule has 21 heavy (non-hydrogen) atoms. The molecule has 1 fully saturated rings. The lowest BCUT2D eigenvalue weighted by Gasteiger charge is -2.40. The predicted molar refractivity (Wildman–Crippen MR) is 91.9 cm³/mol. The number of hydrogen-bond acceptors (Lipinski definition) is 3. The molecule has 0 aromatic rings. The lowest BCUT2D eigenvalue weighted by atomic mass is 10.0. The molecule has 1 rings (SSSR count). The first kappa shape index (κ1) is 18.2. The Morgan fingerprint density at radius 1 is 1.14 bits per heavy atom. The number of likely N-dealkylation sites (N-methyl/N-ethyl adjacent to an activating group) is 1. The molecule has 1 aliphatic rings. The molecule has 1 heterocycles. The molecule has 1 aliphatic heterocycles. The molecule has 0 amide bonds. The molecule has 2 atom stereocenters. The number of aliphatic imine (C=N–C) groups is 1. The van der Waals surface area contributed by atoms with Crippen LogP contribution in [0.25, 0.3) is 0 Å². The molecule has 5 heteroatoms. The summed E-state index contributed by atoms with van der Waals surface area (Å²) in [5, 5.41) is 6.94. The highest BCUT2D eigenvalue weighted by Gasteiger charge is 2.25. The number of nitrogens with zero attached hydrogens (tertiary/aromatic N) is 3. The molecule has 0 aliphatic carbocycles. The van der Waals surface area contributed by atoms with Gasteiger partial charge in [0.15, 0.2) is 5.96 Å². The Kier molecular flexibility index (Phi) is 8.04. The molecule has 0 aromatic carbocycles. The summed E-state index contributed by atoms with van der Waals surface area (Å²) in [4.78, 5) is 9.36. The molecule has 0 aromatic heterocycles. The van der Waals surface area contributed by atoms with Crippen LogP contribution in [0.2, 0.25) is 0 Å². The topological polar surface area (TPSA) is 42.9 Å². The van der Waals surface area contributed by atoms with Gasteiger partial charge in [-0.05, 0) is 26.3 Å². The second kappa shape index (κ2) is 9.26. The highest BCUT2D eigenvalue weighted by molar-refractivity contribution is 5.79. The summed E-state index contributed by atoms with van der Waals surface area (Å²) in [6.07, 6.45) is 1.10. The molecule has 2 N–H and O–H groups in total. The summed E-state index contributed by atoms with van der Waals surface area (Å²) in [6.45, 7) is 14.6. The van der Waals surface area contributed by atoms with Crippen molar-refractivity contribution in [1.29, 1.82) is 0 Å². The van der Waals surface area contributed by atoms with Gasteiger partial charge < -0.3 is 15.5 Å². The Morgan fingerprint density at radius 3 is 2.24 bits per heavy atom. The summed E-state index contributed by atoms with van der Waals surface area (Å²) in [5.74, 6) is 1.56. The van der Waals surface area contributed by atoms with Crippen LogP contribution in [0.1, 0.15) is 34.1 Å². The van der Waals surface area contributed by atoms with Gasteiger partial charge >= 0.3 is 0 Å². The highest BCUT2D eigenvalue weighted by Crippen LogP contribution is 2.12. The standard InChI is InChI=1S/C16H35N5/c1-7-14(4)19-16(17-5)18-12-15(13(2)3)21-10-8-20(6)9-11-21/h13-15H,7-12H2,1-6H3,(H2,17,18,19). The number of guanidine groups is 1. The van der Waals surface area contributed by atoms with E-state index >= 15 is 0 Å². The van der Waals surface area contributed by atoms with E-state index < -0.39 is 0 Å². The average Bonchev–Trinajstić information content (AvgIpc) is 2.47. The van der Waals surface area contributed by atoms with E-state index in [0.29, 0.717) is 18.0 Å². The van der Waals surface area contributed by atoms with E-state index in [1.165, 1.54) is 26.2 Å². The lowest BCUT2D eigenvalue weighted by Crippen LogP contribution is -2.55. The fourth-order valence-electron chi connectivity index (χ4n) is 2.67. The maximum atomic E-state index is 4.33. The van der Waals surface area contributed by atoms with Crippen molar-refractivity contribution in [3.63, 3.8) is 0 Å². The maximum absolute atomic E-state index is 4.33.